The molecule has 0 fully saturated rings. The summed E-state index contributed by atoms with van der Waals surface area (Å²) in [4.78, 5) is 34.9. The third-order valence-electron chi connectivity index (χ3n) is 2.61. The summed E-state index contributed by atoms with van der Waals surface area (Å²) in [6, 6.07) is 3.76. The molecule has 0 radical (unpaired) electrons. The number of carbonyl (C=O) groups excluding carboxylic acids is 2. The van der Waals surface area contributed by atoms with Gasteiger partial charge in [-0.15, -0.1) is 0 Å². The summed E-state index contributed by atoms with van der Waals surface area (Å²) in [5.41, 5.74) is 4.86. The summed E-state index contributed by atoms with van der Waals surface area (Å²) < 4.78 is 0. The fraction of sp³-hybridized carbons (Fsp3) is 0.385. The van der Waals surface area contributed by atoms with Gasteiger partial charge in [0.2, 0.25) is 5.91 Å². The lowest BCUT2D eigenvalue weighted by molar-refractivity contribution is -0.384. The standard InChI is InChI=1S/C13H16ClN3O4/c1-8(2)6-16(7-12(15)18)13(19)9-3-4-10(14)11(5-9)17(20)21/h3-5,8H,6-7H2,1-2H3,(H2,15,18). The van der Waals surface area contributed by atoms with Gasteiger partial charge in [0.05, 0.1) is 11.5 Å². The maximum absolute atomic E-state index is 12.4. The van der Waals surface area contributed by atoms with Crippen molar-refractivity contribution in [3.63, 3.8) is 0 Å². The molecule has 21 heavy (non-hydrogen) atoms. The van der Waals surface area contributed by atoms with E-state index < -0.39 is 16.7 Å². The summed E-state index contributed by atoms with van der Waals surface area (Å²) in [6.07, 6.45) is 0. The molecule has 1 rings (SSSR count). The minimum atomic E-state index is -0.667. The Hall–Kier alpha value is -2.15. The number of hydrogen-bond donors (Lipinski definition) is 1. The molecular weight excluding hydrogens is 298 g/mol. The van der Waals surface area contributed by atoms with E-state index in [4.69, 9.17) is 17.3 Å². The maximum Gasteiger partial charge on any atom is 0.288 e. The van der Waals surface area contributed by atoms with E-state index in [-0.39, 0.29) is 28.7 Å². The van der Waals surface area contributed by atoms with Crippen molar-refractivity contribution in [3.05, 3.63) is 38.9 Å². The third-order valence-corrected chi connectivity index (χ3v) is 2.93. The number of benzene rings is 1. The molecule has 8 heteroatoms. The van der Waals surface area contributed by atoms with Crippen molar-refractivity contribution in [2.24, 2.45) is 11.7 Å². The number of nitro groups is 1. The minimum Gasteiger partial charge on any atom is -0.368 e. The average Bonchev–Trinajstić information content (AvgIpc) is 2.36. The first kappa shape index (κ1) is 16.9. The number of nitrogens with two attached hydrogens (primary N) is 1. The van der Waals surface area contributed by atoms with Crippen molar-refractivity contribution in [2.75, 3.05) is 13.1 Å². The van der Waals surface area contributed by atoms with Crippen molar-refractivity contribution in [2.45, 2.75) is 13.8 Å². The zero-order valence-corrected chi connectivity index (χ0v) is 12.5. The molecule has 0 aromatic heterocycles. The first-order chi connectivity index (χ1) is 9.72. The van der Waals surface area contributed by atoms with Gasteiger partial charge in [-0.2, -0.15) is 0 Å². The van der Waals surface area contributed by atoms with Gasteiger partial charge in [-0.1, -0.05) is 25.4 Å². The molecule has 0 heterocycles. The Morgan fingerprint density at radius 3 is 2.52 bits per heavy atom. The van der Waals surface area contributed by atoms with E-state index in [1.807, 2.05) is 13.8 Å². The van der Waals surface area contributed by atoms with Crippen LogP contribution in [0.15, 0.2) is 18.2 Å². The number of amides is 2. The Morgan fingerprint density at radius 1 is 1.43 bits per heavy atom. The predicted octanol–water partition coefficient (Wildman–Crippen LogP) is 1.83. The summed E-state index contributed by atoms with van der Waals surface area (Å²) in [6.45, 7) is 3.84. The van der Waals surface area contributed by atoms with Crippen LogP contribution in [-0.4, -0.2) is 34.7 Å². The number of nitrogens with zero attached hydrogens (tertiary/aromatic N) is 2. The third kappa shape index (κ3) is 4.71. The number of carbonyl (C=O) groups is 2. The molecule has 0 bridgehead atoms. The number of nitro benzene ring substituents is 1. The molecule has 1 aromatic rings. The van der Waals surface area contributed by atoms with E-state index >= 15 is 0 Å². The molecule has 0 aliphatic rings. The molecule has 0 unspecified atom stereocenters. The largest absolute Gasteiger partial charge is 0.368 e. The van der Waals surface area contributed by atoms with Crippen molar-refractivity contribution in [1.29, 1.82) is 0 Å². The lowest BCUT2D eigenvalue weighted by Gasteiger charge is -2.23. The van der Waals surface area contributed by atoms with E-state index in [2.05, 4.69) is 0 Å². The summed E-state index contributed by atoms with van der Waals surface area (Å²) in [5.74, 6) is -1.02. The van der Waals surface area contributed by atoms with Crippen LogP contribution in [0.3, 0.4) is 0 Å². The van der Waals surface area contributed by atoms with Gasteiger partial charge in [0.25, 0.3) is 11.6 Å². The Kier molecular flexibility index (Phi) is 5.66. The molecule has 0 aliphatic carbocycles. The van der Waals surface area contributed by atoms with Crippen LogP contribution in [0.1, 0.15) is 24.2 Å². The molecule has 0 saturated heterocycles. The van der Waals surface area contributed by atoms with Gasteiger partial charge in [0.1, 0.15) is 5.02 Å². The highest BCUT2D eigenvalue weighted by Gasteiger charge is 2.22. The number of rotatable bonds is 6. The van der Waals surface area contributed by atoms with Crippen LogP contribution in [0, 0.1) is 16.0 Å². The van der Waals surface area contributed by atoms with Gasteiger partial charge < -0.3 is 10.6 Å². The zero-order valence-electron chi connectivity index (χ0n) is 11.7. The first-order valence-electron chi connectivity index (χ1n) is 6.24. The SMILES string of the molecule is CC(C)CN(CC(N)=O)C(=O)c1ccc(Cl)c([N+](=O)[O-])c1. The molecular formula is C13H16ClN3O4. The highest BCUT2D eigenvalue weighted by Crippen LogP contribution is 2.25. The second-order valence-electron chi connectivity index (χ2n) is 4.97. The van der Waals surface area contributed by atoms with Crippen LogP contribution in [0.4, 0.5) is 5.69 Å². The fourth-order valence-electron chi connectivity index (χ4n) is 1.82. The highest BCUT2D eigenvalue weighted by molar-refractivity contribution is 6.32. The topological polar surface area (TPSA) is 107 Å². The molecule has 0 aliphatic heterocycles. The normalized spacial score (nSPS) is 10.5. The van der Waals surface area contributed by atoms with Crippen molar-refractivity contribution < 1.29 is 14.5 Å². The van der Waals surface area contributed by atoms with Crippen molar-refractivity contribution in [3.8, 4) is 0 Å². The van der Waals surface area contributed by atoms with Gasteiger partial charge in [-0.25, -0.2) is 0 Å². The Labute approximate surface area is 126 Å². The van der Waals surface area contributed by atoms with Crippen LogP contribution in [0.2, 0.25) is 5.02 Å². The van der Waals surface area contributed by atoms with Crippen molar-refractivity contribution in [1.82, 2.24) is 4.90 Å². The highest BCUT2D eigenvalue weighted by atomic mass is 35.5. The monoisotopic (exact) mass is 313 g/mol. The Balaban J connectivity index is 3.11. The Morgan fingerprint density at radius 2 is 2.05 bits per heavy atom. The van der Waals surface area contributed by atoms with Crippen molar-refractivity contribution >= 4 is 29.1 Å². The van der Waals surface area contributed by atoms with Gasteiger partial charge in [0, 0.05) is 18.2 Å². The molecule has 0 atom stereocenters. The second-order valence-corrected chi connectivity index (χ2v) is 5.38. The summed E-state index contributed by atoms with van der Waals surface area (Å²) in [5, 5.41) is 10.8. The average molecular weight is 314 g/mol. The number of halogens is 1. The quantitative estimate of drug-likeness (QED) is 0.638. The van der Waals surface area contributed by atoms with E-state index in [0.717, 1.165) is 6.07 Å². The molecule has 0 spiro atoms. The smallest absolute Gasteiger partial charge is 0.288 e. The van der Waals surface area contributed by atoms with Crippen LogP contribution < -0.4 is 5.73 Å². The van der Waals surface area contributed by atoms with E-state index in [1.165, 1.54) is 17.0 Å². The van der Waals surface area contributed by atoms with Crippen LogP contribution in [0.25, 0.3) is 0 Å². The first-order valence-corrected chi connectivity index (χ1v) is 6.61. The molecule has 7 nitrogen and oxygen atoms in total. The lowest BCUT2D eigenvalue weighted by atomic mass is 10.1. The van der Waals surface area contributed by atoms with Crippen LogP contribution >= 0.6 is 11.6 Å². The maximum atomic E-state index is 12.4. The van der Waals surface area contributed by atoms with Gasteiger partial charge in [-0.3, -0.25) is 19.7 Å². The second kappa shape index (κ2) is 7.03. The molecule has 2 amide bonds. The number of primary amides is 1. The summed E-state index contributed by atoms with van der Waals surface area (Å²) in [7, 11) is 0. The van der Waals surface area contributed by atoms with E-state index in [0.29, 0.717) is 6.54 Å². The molecule has 1 aromatic carbocycles. The fourth-order valence-corrected chi connectivity index (χ4v) is 2.00. The van der Waals surface area contributed by atoms with Crippen LogP contribution in [0.5, 0.6) is 0 Å². The van der Waals surface area contributed by atoms with E-state index in [9.17, 15) is 19.7 Å². The van der Waals surface area contributed by atoms with E-state index in [1.54, 1.807) is 0 Å². The predicted molar refractivity (Wildman–Crippen MR) is 78.0 cm³/mol. The molecule has 114 valence electrons. The zero-order chi connectivity index (χ0) is 16.2. The lowest BCUT2D eigenvalue weighted by Crippen LogP contribution is -2.40. The Bertz CT molecular complexity index is 575. The minimum absolute atomic E-state index is 0.0538. The van der Waals surface area contributed by atoms with Gasteiger partial charge in [-0.05, 0) is 18.1 Å². The van der Waals surface area contributed by atoms with Crippen LogP contribution in [-0.2, 0) is 4.79 Å². The number of hydrogen-bond acceptors (Lipinski definition) is 4. The molecule has 0 saturated carbocycles. The van der Waals surface area contributed by atoms with Gasteiger partial charge in [0.15, 0.2) is 0 Å². The summed E-state index contributed by atoms with van der Waals surface area (Å²) >= 11 is 5.70. The van der Waals surface area contributed by atoms with Gasteiger partial charge >= 0.3 is 0 Å². The molecule has 2 N–H and O–H groups in total.